The standard InChI is InChI=1S/C13H20N2O4S/c1-10-6-9-19-12(10)13(16)15-7-4-11(5-8-15)14(2)20(3,17)18/h6,9,11H,4-5,7-8H2,1-3H3. The van der Waals surface area contributed by atoms with Crippen LogP contribution in [0.4, 0.5) is 0 Å². The molecule has 0 N–H and O–H groups in total. The van der Waals surface area contributed by atoms with E-state index in [2.05, 4.69) is 0 Å². The van der Waals surface area contributed by atoms with E-state index in [0.29, 0.717) is 31.7 Å². The van der Waals surface area contributed by atoms with Crippen LogP contribution in [0.25, 0.3) is 0 Å². The fraction of sp³-hybridized carbons (Fsp3) is 0.615. The van der Waals surface area contributed by atoms with Crippen molar-refractivity contribution in [1.29, 1.82) is 0 Å². The van der Waals surface area contributed by atoms with E-state index in [9.17, 15) is 13.2 Å². The molecule has 2 rings (SSSR count). The van der Waals surface area contributed by atoms with Crippen LogP contribution in [0.5, 0.6) is 0 Å². The van der Waals surface area contributed by atoms with Gasteiger partial charge in [0, 0.05) is 31.7 Å². The molecular formula is C13H20N2O4S. The molecule has 1 aromatic heterocycles. The van der Waals surface area contributed by atoms with Crippen LogP contribution in [0.2, 0.25) is 0 Å². The predicted molar refractivity (Wildman–Crippen MR) is 75.0 cm³/mol. The van der Waals surface area contributed by atoms with Gasteiger partial charge in [-0.2, -0.15) is 0 Å². The van der Waals surface area contributed by atoms with Crippen LogP contribution >= 0.6 is 0 Å². The monoisotopic (exact) mass is 300 g/mol. The van der Waals surface area contributed by atoms with E-state index in [0.717, 1.165) is 5.56 Å². The van der Waals surface area contributed by atoms with E-state index >= 15 is 0 Å². The SMILES string of the molecule is Cc1ccoc1C(=O)N1CCC(N(C)S(C)(=O)=O)CC1. The van der Waals surface area contributed by atoms with Crippen molar-refractivity contribution in [2.24, 2.45) is 0 Å². The molecule has 0 radical (unpaired) electrons. The zero-order chi connectivity index (χ0) is 14.9. The van der Waals surface area contributed by atoms with Crippen LogP contribution in [-0.2, 0) is 10.0 Å². The maximum absolute atomic E-state index is 12.3. The number of furan rings is 1. The van der Waals surface area contributed by atoms with Crippen molar-refractivity contribution in [3.63, 3.8) is 0 Å². The molecular weight excluding hydrogens is 280 g/mol. The minimum Gasteiger partial charge on any atom is -0.459 e. The van der Waals surface area contributed by atoms with E-state index in [1.807, 2.05) is 6.92 Å². The number of carbonyl (C=O) groups excluding carboxylic acids is 1. The summed E-state index contributed by atoms with van der Waals surface area (Å²) in [5, 5.41) is 0. The minimum absolute atomic E-state index is 0.0354. The summed E-state index contributed by atoms with van der Waals surface area (Å²) in [5.41, 5.74) is 0.824. The van der Waals surface area contributed by atoms with E-state index in [4.69, 9.17) is 4.42 Å². The van der Waals surface area contributed by atoms with E-state index in [1.165, 1.54) is 16.8 Å². The first-order valence-electron chi connectivity index (χ1n) is 6.57. The lowest BCUT2D eigenvalue weighted by Crippen LogP contribution is -2.47. The molecule has 0 spiro atoms. The minimum atomic E-state index is -3.18. The number of hydrogen-bond acceptors (Lipinski definition) is 4. The topological polar surface area (TPSA) is 70.8 Å². The predicted octanol–water partition coefficient (Wildman–Crippen LogP) is 1.08. The molecule has 0 unspecified atom stereocenters. The van der Waals surface area contributed by atoms with Gasteiger partial charge in [0.05, 0.1) is 12.5 Å². The fourth-order valence-corrected chi connectivity index (χ4v) is 3.19. The van der Waals surface area contributed by atoms with Gasteiger partial charge in [-0.3, -0.25) is 4.79 Å². The van der Waals surface area contributed by atoms with Gasteiger partial charge in [0.1, 0.15) is 0 Å². The fourth-order valence-electron chi connectivity index (χ4n) is 2.44. The number of hydrogen-bond donors (Lipinski definition) is 0. The molecule has 1 saturated heterocycles. The van der Waals surface area contributed by atoms with Gasteiger partial charge in [-0.25, -0.2) is 12.7 Å². The number of piperidine rings is 1. The van der Waals surface area contributed by atoms with E-state index in [-0.39, 0.29) is 11.9 Å². The second kappa shape index (κ2) is 5.57. The zero-order valence-electron chi connectivity index (χ0n) is 12.0. The van der Waals surface area contributed by atoms with Crippen LogP contribution in [0.15, 0.2) is 16.7 Å². The normalized spacial score (nSPS) is 17.7. The second-order valence-corrected chi connectivity index (χ2v) is 7.28. The van der Waals surface area contributed by atoms with E-state index in [1.54, 1.807) is 18.0 Å². The Bertz CT molecular complexity index is 585. The summed E-state index contributed by atoms with van der Waals surface area (Å²) in [6, 6.07) is 1.73. The summed E-state index contributed by atoms with van der Waals surface area (Å²) in [4.78, 5) is 14.0. The molecule has 1 amide bonds. The second-order valence-electron chi connectivity index (χ2n) is 5.24. The Balaban J connectivity index is 1.98. The van der Waals surface area contributed by atoms with Crippen LogP contribution in [-0.4, -0.2) is 56.0 Å². The van der Waals surface area contributed by atoms with Gasteiger partial charge in [-0.15, -0.1) is 0 Å². The first-order chi connectivity index (χ1) is 9.30. The highest BCUT2D eigenvalue weighted by molar-refractivity contribution is 7.88. The van der Waals surface area contributed by atoms with Crippen LogP contribution in [0, 0.1) is 6.92 Å². The van der Waals surface area contributed by atoms with Crippen molar-refractivity contribution in [2.75, 3.05) is 26.4 Å². The van der Waals surface area contributed by atoms with Gasteiger partial charge in [0.2, 0.25) is 10.0 Å². The third-order valence-electron chi connectivity index (χ3n) is 3.85. The number of rotatable bonds is 3. The maximum atomic E-state index is 12.3. The van der Waals surface area contributed by atoms with Crippen molar-refractivity contribution >= 4 is 15.9 Å². The number of sulfonamides is 1. The lowest BCUT2D eigenvalue weighted by Gasteiger charge is -2.35. The van der Waals surface area contributed by atoms with E-state index < -0.39 is 10.0 Å². The first kappa shape index (κ1) is 15.1. The van der Waals surface area contributed by atoms with Crippen LogP contribution < -0.4 is 0 Å². The molecule has 0 bridgehead atoms. The summed E-state index contributed by atoms with van der Waals surface area (Å²) in [5.74, 6) is 0.257. The van der Waals surface area contributed by atoms with Crippen molar-refractivity contribution < 1.29 is 17.6 Å². The molecule has 6 nitrogen and oxygen atoms in total. The third kappa shape index (κ3) is 3.04. The molecule has 1 aliphatic rings. The number of carbonyl (C=O) groups is 1. The highest BCUT2D eigenvalue weighted by Gasteiger charge is 2.30. The van der Waals surface area contributed by atoms with Gasteiger partial charge in [-0.05, 0) is 25.8 Å². The van der Waals surface area contributed by atoms with Crippen molar-refractivity contribution in [2.45, 2.75) is 25.8 Å². The molecule has 0 aliphatic carbocycles. The Labute approximate surface area is 119 Å². The average Bonchev–Trinajstić information content (AvgIpc) is 2.82. The van der Waals surface area contributed by atoms with Crippen LogP contribution in [0.3, 0.4) is 0 Å². The Morgan fingerprint density at radius 3 is 2.45 bits per heavy atom. The van der Waals surface area contributed by atoms with Gasteiger partial charge in [-0.1, -0.05) is 0 Å². The number of nitrogens with zero attached hydrogens (tertiary/aromatic N) is 2. The molecule has 2 heterocycles. The number of likely N-dealkylation sites (tertiary alicyclic amines) is 1. The van der Waals surface area contributed by atoms with Gasteiger partial charge >= 0.3 is 0 Å². The Hall–Kier alpha value is -1.34. The zero-order valence-corrected chi connectivity index (χ0v) is 12.8. The molecule has 112 valence electrons. The molecule has 0 aromatic carbocycles. The largest absolute Gasteiger partial charge is 0.459 e. The third-order valence-corrected chi connectivity index (χ3v) is 5.19. The van der Waals surface area contributed by atoms with Crippen molar-refractivity contribution in [1.82, 2.24) is 9.21 Å². The Morgan fingerprint density at radius 1 is 1.40 bits per heavy atom. The lowest BCUT2D eigenvalue weighted by molar-refractivity contribution is 0.0653. The van der Waals surface area contributed by atoms with Gasteiger partial charge < -0.3 is 9.32 Å². The Morgan fingerprint density at radius 2 is 2.00 bits per heavy atom. The summed E-state index contributed by atoms with van der Waals surface area (Å²) in [6.07, 6.45) is 4.01. The average molecular weight is 300 g/mol. The molecule has 1 aromatic rings. The maximum Gasteiger partial charge on any atom is 0.289 e. The quantitative estimate of drug-likeness (QED) is 0.837. The smallest absolute Gasteiger partial charge is 0.289 e. The summed E-state index contributed by atoms with van der Waals surface area (Å²) < 4.78 is 29.6. The highest BCUT2D eigenvalue weighted by atomic mass is 32.2. The molecule has 20 heavy (non-hydrogen) atoms. The molecule has 1 aliphatic heterocycles. The molecule has 0 atom stereocenters. The first-order valence-corrected chi connectivity index (χ1v) is 8.42. The molecule has 1 fully saturated rings. The summed E-state index contributed by atoms with van der Waals surface area (Å²) >= 11 is 0. The summed E-state index contributed by atoms with van der Waals surface area (Å²) in [6.45, 7) is 2.92. The van der Waals surface area contributed by atoms with Crippen molar-refractivity contribution in [3.8, 4) is 0 Å². The lowest BCUT2D eigenvalue weighted by atomic mass is 10.0. The summed E-state index contributed by atoms with van der Waals surface area (Å²) in [7, 11) is -1.59. The number of amides is 1. The van der Waals surface area contributed by atoms with Gasteiger partial charge in [0.15, 0.2) is 5.76 Å². The van der Waals surface area contributed by atoms with Gasteiger partial charge in [0.25, 0.3) is 5.91 Å². The molecule has 0 saturated carbocycles. The van der Waals surface area contributed by atoms with Crippen molar-refractivity contribution in [3.05, 3.63) is 23.7 Å². The molecule has 7 heteroatoms. The highest BCUT2D eigenvalue weighted by Crippen LogP contribution is 2.20. The van der Waals surface area contributed by atoms with Crippen LogP contribution in [0.1, 0.15) is 29.0 Å². The Kier molecular flexibility index (Phi) is 4.19. The number of aryl methyl sites for hydroxylation is 1.